The van der Waals surface area contributed by atoms with Crippen molar-refractivity contribution < 1.29 is 9.53 Å². The lowest BCUT2D eigenvalue weighted by molar-refractivity contribution is 0.222. The molecule has 5 nitrogen and oxygen atoms in total. The fraction of sp³-hybridized carbons (Fsp3) is 0.294. The van der Waals surface area contributed by atoms with Crippen LogP contribution in [0.5, 0.6) is 5.75 Å². The van der Waals surface area contributed by atoms with Gasteiger partial charge < -0.3 is 15.0 Å². The maximum atomic E-state index is 12.3. The van der Waals surface area contributed by atoms with E-state index in [9.17, 15) is 4.79 Å². The van der Waals surface area contributed by atoms with Gasteiger partial charge in [0, 0.05) is 25.2 Å². The third-order valence-corrected chi connectivity index (χ3v) is 3.97. The van der Waals surface area contributed by atoms with Crippen molar-refractivity contribution in [3.63, 3.8) is 0 Å². The number of methoxy groups -OCH3 is 1. The summed E-state index contributed by atoms with van der Waals surface area (Å²) in [7, 11) is 1.68. The van der Waals surface area contributed by atoms with Crippen LogP contribution in [0.1, 0.15) is 17.9 Å². The highest BCUT2D eigenvalue weighted by atomic mass is 16.5. The Labute approximate surface area is 129 Å². The van der Waals surface area contributed by atoms with Crippen LogP contribution in [0.2, 0.25) is 0 Å². The van der Waals surface area contributed by atoms with Gasteiger partial charge in [-0.25, -0.2) is 4.79 Å². The largest absolute Gasteiger partial charge is 0.496 e. The molecular weight excluding hydrogens is 278 g/mol. The van der Waals surface area contributed by atoms with E-state index in [-0.39, 0.29) is 6.03 Å². The van der Waals surface area contributed by atoms with E-state index in [2.05, 4.69) is 16.4 Å². The van der Waals surface area contributed by atoms with Crippen molar-refractivity contribution in [2.75, 3.05) is 25.5 Å². The molecule has 1 aromatic carbocycles. The number of carbonyl (C=O) groups is 1. The van der Waals surface area contributed by atoms with Crippen LogP contribution in [-0.4, -0.2) is 36.1 Å². The number of nitrogens with one attached hydrogen (secondary N) is 1. The molecule has 0 spiro atoms. The lowest BCUT2D eigenvalue weighted by atomic mass is 9.97. The zero-order valence-electron chi connectivity index (χ0n) is 12.5. The first-order valence-corrected chi connectivity index (χ1v) is 7.37. The first-order chi connectivity index (χ1) is 10.8. The number of anilines is 1. The van der Waals surface area contributed by atoms with Gasteiger partial charge in [0.25, 0.3) is 0 Å². The van der Waals surface area contributed by atoms with Gasteiger partial charge in [-0.1, -0.05) is 18.2 Å². The summed E-state index contributed by atoms with van der Waals surface area (Å²) in [6.45, 7) is 1.45. The SMILES string of the molecule is COc1ccccc1C1CCN(C(=O)Nc2cccnc2)C1. The number of carbonyl (C=O) groups excluding carboxylic acids is 1. The topological polar surface area (TPSA) is 54.5 Å². The molecule has 2 amide bonds. The van der Waals surface area contributed by atoms with Crippen molar-refractivity contribution in [1.29, 1.82) is 0 Å². The van der Waals surface area contributed by atoms with Gasteiger partial charge in [-0.05, 0) is 30.2 Å². The van der Waals surface area contributed by atoms with E-state index in [4.69, 9.17) is 4.74 Å². The molecule has 114 valence electrons. The number of benzene rings is 1. The van der Waals surface area contributed by atoms with Gasteiger partial charge in [0.2, 0.25) is 0 Å². The lowest BCUT2D eigenvalue weighted by Gasteiger charge is -2.18. The molecule has 0 saturated carbocycles. The molecule has 1 saturated heterocycles. The predicted octanol–water partition coefficient (Wildman–Crippen LogP) is 3.11. The van der Waals surface area contributed by atoms with Gasteiger partial charge in [0.15, 0.2) is 0 Å². The van der Waals surface area contributed by atoms with E-state index in [1.54, 1.807) is 25.6 Å². The Balaban J connectivity index is 1.66. The average Bonchev–Trinajstić information content (AvgIpc) is 3.05. The summed E-state index contributed by atoms with van der Waals surface area (Å²) in [6, 6.07) is 11.6. The van der Waals surface area contributed by atoms with E-state index >= 15 is 0 Å². The Bertz CT molecular complexity index is 645. The van der Waals surface area contributed by atoms with Crippen molar-refractivity contribution in [3.8, 4) is 5.75 Å². The van der Waals surface area contributed by atoms with E-state index < -0.39 is 0 Å². The van der Waals surface area contributed by atoms with Crippen LogP contribution < -0.4 is 10.1 Å². The standard InChI is InChI=1S/C17H19N3O2/c1-22-16-7-3-2-6-15(16)13-8-10-20(12-13)17(21)19-14-5-4-9-18-11-14/h2-7,9,11,13H,8,10,12H2,1H3,(H,19,21). The molecule has 22 heavy (non-hydrogen) atoms. The fourth-order valence-electron chi connectivity index (χ4n) is 2.84. The Kier molecular flexibility index (Phi) is 4.23. The summed E-state index contributed by atoms with van der Waals surface area (Å²) >= 11 is 0. The van der Waals surface area contributed by atoms with Crippen LogP contribution in [0.4, 0.5) is 10.5 Å². The fourth-order valence-corrected chi connectivity index (χ4v) is 2.84. The van der Waals surface area contributed by atoms with Gasteiger partial charge in [0.05, 0.1) is 19.0 Å². The monoisotopic (exact) mass is 297 g/mol. The van der Waals surface area contributed by atoms with E-state index in [1.165, 1.54) is 5.56 Å². The average molecular weight is 297 g/mol. The van der Waals surface area contributed by atoms with Gasteiger partial charge in [-0.3, -0.25) is 4.98 Å². The highest BCUT2D eigenvalue weighted by Crippen LogP contribution is 2.33. The molecular formula is C17H19N3O2. The van der Waals surface area contributed by atoms with Gasteiger partial charge >= 0.3 is 6.03 Å². The maximum Gasteiger partial charge on any atom is 0.321 e. The predicted molar refractivity (Wildman–Crippen MR) is 85.2 cm³/mol. The number of likely N-dealkylation sites (tertiary alicyclic amines) is 1. The van der Waals surface area contributed by atoms with Crippen LogP contribution in [-0.2, 0) is 0 Å². The van der Waals surface area contributed by atoms with Crippen LogP contribution in [0, 0.1) is 0 Å². The molecule has 1 aliphatic heterocycles. The zero-order valence-corrected chi connectivity index (χ0v) is 12.5. The minimum atomic E-state index is -0.0783. The second-order valence-electron chi connectivity index (χ2n) is 5.35. The van der Waals surface area contributed by atoms with Crippen molar-refractivity contribution >= 4 is 11.7 Å². The molecule has 0 radical (unpaired) electrons. The number of urea groups is 1. The van der Waals surface area contributed by atoms with E-state index in [1.807, 2.05) is 29.2 Å². The number of pyridine rings is 1. The number of hydrogen-bond acceptors (Lipinski definition) is 3. The molecule has 2 aromatic rings. The van der Waals surface area contributed by atoms with E-state index in [0.717, 1.165) is 18.7 Å². The summed E-state index contributed by atoms with van der Waals surface area (Å²) in [5.41, 5.74) is 1.88. The van der Waals surface area contributed by atoms with Crippen molar-refractivity contribution in [3.05, 3.63) is 54.4 Å². The summed E-state index contributed by atoms with van der Waals surface area (Å²) < 4.78 is 5.42. The van der Waals surface area contributed by atoms with Gasteiger partial charge in [0.1, 0.15) is 5.75 Å². The molecule has 0 aliphatic carbocycles. The second kappa shape index (κ2) is 6.47. The highest BCUT2D eigenvalue weighted by Gasteiger charge is 2.29. The number of aromatic nitrogens is 1. The molecule has 3 rings (SSSR count). The quantitative estimate of drug-likeness (QED) is 0.947. The van der Waals surface area contributed by atoms with Crippen molar-refractivity contribution in [2.24, 2.45) is 0 Å². The summed E-state index contributed by atoms with van der Waals surface area (Å²) in [6.07, 6.45) is 4.27. The molecule has 2 heterocycles. The lowest BCUT2D eigenvalue weighted by Crippen LogP contribution is -2.32. The highest BCUT2D eigenvalue weighted by molar-refractivity contribution is 5.89. The molecule has 1 aliphatic rings. The Morgan fingerprint density at radius 2 is 2.18 bits per heavy atom. The number of ether oxygens (including phenoxy) is 1. The molecule has 1 aromatic heterocycles. The molecule has 1 unspecified atom stereocenters. The minimum Gasteiger partial charge on any atom is -0.496 e. The summed E-state index contributed by atoms with van der Waals surface area (Å²) in [5.74, 6) is 1.21. The first kappa shape index (κ1) is 14.4. The summed E-state index contributed by atoms with van der Waals surface area (Å²) in [4.78, 5) is 18.1. The maximum absolute atomic E-state index is 12.3. The Morgan fingerprint density at radius 1 is 1.32 bits per heavy atom. The zero-order chi connectivity index (χ0) is 15.4. The van der Waals surface area contributed by atoms with Crippen LogP contribution >= 0.6 is 0 Å². The molecule has 5 heteroatoms. The molecule has 1 atom stereocenters. The van der Waals surface area contributed by atoms with Crippen molar-refractivity contribution in [2.45, 2.75) is 12.3 Å². The van der Waals surface area contributed by atoms with Crippen LogP contribution in [0.3, 0.4) is 0 Å². The number of rotatable bonds is 3. The molecule has 0 bridgehead atoms. The third-order valence-electron chi connectivity index (χ3n) is 3.97. The Morgan fingerprint density at radius 3 is 2.95 bits per heavy atom. The normalized spacial score (nSPS) is 17.3. The molecule has 1 N–H and O–H groups in total. The summed E-state index contributed by atoms with van der Waals surface area (Å²) in [5, 5.41) is 2.88. The van der Waals surface area contributed by atoms with Crippen LogP contribution in [0.15, 0.2) is 48.8 Å². The smallest absolute Gasteiger partial charge is 0.321 e. The third kappa shape index (κ3) is 3.03. The molecule has 1 fully saturated rings. The minimum absolute atomic E-state index is 0.0783. The number of para-hydroxylation sites is 1. The Hall–Kier alpha value is -2.56. The van der Waals surface area contributed by atoms with Gasteiger partial charge in [-0.2, -0.15) is 0 Å². The first-order valence-electron chi connectivity index (χ1n) is 7.37. The van der Waals surface area contributed by atoms with Crippen LogP contribution in [0.25, 0.3) is 0 Å². The van der Waals surface area contributed by atoms with Gasteiger partial charge in [-0.15, -0.1) is 0 Å². The second-order valence-corrected chi connectivity index (χ2v) is 5.35. The number of nitrogens with zero attached hydrogens (tertiary/aromatic N) is 2. The van der Waals surface area contributed by atoms with E-state index in [0.29, 0.717) is 18.2 Å². The number of amides is 2. The number of hydrogen-bond donors (Lipinski definition) is 1. The van der Waals surface area contributed by atoms with Crippen molar-refractivity contribution in [1.82, 2.24) is 9.88 Å².